The van der Waals surface area contributed by atoms with Gasteiger partial charge in [0, 0.05) is 39.8 Å². The number of sulfonamides is 1. The van der Waals surface area contributed by atoms with Gasteiger partial charge >= 0.3 is 0 Å². The fourth-order valence-corrected chi connectivity index (χ4v) is 2.33. The number of ether oxygens (including phenoxy) is 1. The molecule has 1 aliphatic rings. The Morgan fingerprint density at radius 2 is 1.79 bits per heavy atom. The molecule has 1 fully saturated rings. The fourth-order valence-electron chi connectivity index (χ4n) is 1.51. The van der Waals surface area contributed by atoms with Gasteiger partial charge in [-0.15, -0.1) is 0 Å². The summed E-state index contributed by atoms with van der Waals surface area (Å²) in [5, 5.41) is 0. The molecule has 1 aliphatic heterocycles. The van der Waals surface area contributed by atoms with E-state index in [0.717, 1.165) is 19.6 Å². The van der Waals surface area contributed by atoms with Gasteiger partial charge in [-0.25, -0.2) is 8.42 Å². The highest BCUT2D eigenvalue weighted by molar-refractivity contribution is 7.88. The Morgan fingerprint density at radius 1 is 1.21 bits per heavy atom. The molecule has 84 valence electrons. The van der Waals surface area contributed by atoms with Crippen molar-refractivity contribution in [2.75, 3.05) is 52.7 Å². The minimum absolute atomic E-state index is 0.600. The van der Waals surface area contributed by atoms with E-state index < -0.39 is 10.0 Å². The first-order valence-electron chi connectivity index (χ1n) is 4.70. The number of methoxy groups -OCH3 is 1. The van der Waals surface area contributed by atoms with Crippen LogP contribution in [0.25, 0.3) is 0 Å². The standard InChI is InChI=1S/C8H18N2O3S/c1-13-8-7-9-3-5-10(6-4-9)14(2,11)12/h3-8H2,1-2H3. The molecule has 0 aromatic rings. The lowest BCUT2D eigenvalue weighted by molar-refractivity contribution is 0.123. The molecule has 0 saturated carbocycles. The predicted molar refractivity (Wildman–Crippen MR) is 54.7 cm³/mol. The summed E-state index contributed by atoms with van der Waals surface area (Å²) in [5.74, 6) is 0. The average Bonchev–Trinajstić information content (AvgIpc) is 2.14. The molecule has 0 radical (unpaired) electrons. The second-order valence-electron chi connectivity index (χ2n) is 3.50. The molecule has 0 aromatic carbocycles. The first kappa shape index (κ1) is 11.9. The molecule has 6 heteroatoms. The van der Waals surface area contributed by atoms with E-state index in [-0.39, 0.29) is 0 Å². The number of piperazine rings is 1. The van der Waals surface area contributed by atoms with Gasteiger partial charge in [-0.2, -0.15) is 4.31 Å². The van der Waals surface area contributed by atoms with Crippen molar-refractivity contribution in [3.63, 3.8) is 0 Å². The second kappa shape index (κ2) is 5.06. The quantitative estimate of drug-likeness (QED) is 0.625. The van der Waals surface area contributed by atoms with Gasteiger partial charge < -0.3 is 4.74 Å². The van der Waals surface area contributed by atoms with Crippen molar-refractivity contribution >= 4 is 10.0 Å². The minimum Gasteiger partial charge on any atom is -0.383 e. The molecule has 0 spiro atoms. The van der Waals surface area contributed by atoms with E-state index >= 15 is 0 Å². The van der Waals surface area contributed by atoms with E-state index in [4.69, 9.17) is 4.74 Å². The third-order valence-electron chi connectivity index (χ3n) is 2.41. The average molecular weight is 222 g/mol. The molecule has 0 atom stereocenters. The van der Waals surface area contributed by atoms with Crippen molar-refractivity contribution in [3.05, 3.63) is 0 Å². The Morgan fingerprint density at radius 3 is 2.21 bits per heavy atom. The largest absolute Gasteiger partial charge is 0.383 e. The SMILES string of the molecule is COCCN1CCN(S(C)(=O)=O)CC1. The van der Waals surface area contributed by atoms with E-state index in [1.165, 1.54) is 10.6 Å². The molecule has 5 nitrogen and oxygen atoms in total. The topological polar surface area (TPSA) is 49.9 Å². The maximum atomic E-state index is 11.2. The summed E-state index contributed by atoms with van der Waals surface area (Å²) < 4.78 is 28.9. The molecular formula is C8H18N2O3S. The Hall–Kier alpha value is -0.170. The molecule has 0 aliphatic carbocycles. The van der Waals surface area contributed by atoms with Gasteiger partial charge in [-0.3, -0.25) is 4.90 Å². The number of nitrogens with zero attached hydrogens (tertiary/aromatic N) is 2. The highest BCUT2D eigenvalue weighted by atomic mass is 32.2. The van der Waals surface area contributed by atoms with Crippen molar-refractivity contribution in [2.24, 2.45) is 0 Å². The summed E-state index contributed by atoms with van der Waals surface area (Å²) in [5.41, 5.74) is 0. The maximum Gasteiger partial charge on any atom is 0.211 e. The zero-order valence-electron chi connectivity index (χ0n) is 8.77. The van der Waals surface area contributed by atoms with Crippen LogP contribution in [0, 0.1) is 0 Å². The number of hydrogen-bond acceptors (Lipinski definition) is 4. The Kier molecular flexibility index (Phi) is 4.31. The van der Waals surface area contributed by atoms with Gasteiger partial charge in [0.25, 0.3) is 0 Å². The molecule has 1 heterocycles. The van der Waals surface area contributed by atoms with E-state index in [0.29, 0.717) is 19.7 Å². The Bertz CT molecular complexity index is 258. The van der Waals surface area contributed by atoms with Crippen LogP contribution in [-0.4, -0.2) is 70.3 Å². The van der Waals surface area contributed by atoms with Crippen LogP contribution < -0.4 is 0 Å². The minimum atomic E-state index is -2.99. The highest BCUT2D eigenvalue weighted by Crippen LogP contribution is 2.05. The maximum absolute atomic E-state index is 11.2. The number of rotatable bonds is 4. The van der Waals surface area contributed by atoms with Crippen LogP contribution in [0.15, 0.2) is 0 Å². The van der Waals surface area contributed by atoms with Crippen LogP contribution in [-0.2, 0) is 14.8 Å². The van der Waals surface area contributed by atoms with Gasteiger partial charge in [-0.05, 0) is 0 Å². The van der Waals surface area contributed by atoms with Crippen molar-refractivity contribution < 1.29 is 13.2 Å². The van der Waals surface area contributed by atoms with Gasteiger partial charge in [0.1, 0.15) is 0 Å². The molecule has 0 N–H and O–H groups in total. The number of hydrogen-bond donors (Lipinski definition) is 0. The molecule has 0 amide bonds. The normalized spacial score (nSPS) is 21.3. The third-order valence-corrected chi connectivity index (χ3v) is 3.72. The van der Waals surface area contributed by atoms with Gasteiger partial charge in [-0.1, -0.05) is 0 Å². The molecule has 14 heavy (non-hydrogen) atoms. The highest BCUT2D eigenvalue weighted by Gasteiger charge is 2.22. The molecule has 0 unspecified atom stereocenters. The predicted octanol–water partition coefficient (Wildman–Crippen LogP) is -0.790. The summed E-state index contributed by atoms with van der Waals surface area (Å²) in [4.78, 5) is 2.21. The zero-order chi connectivity index (χ0) is 10.6. The molecule has 0 aromatic heterocycles. The van der Waals surface area contributed by atoms with Crippen LogP contribution in [0.4, 0.5) is 0 Å². The van der Waals surface area contributed by atoms with Crippen LogP contribution in [0.1, 0.15) is 0 Å². The van der Waals surface area contributed by atoms with E-state index in [1.807, 2.05) is 0 Å². The Labute approximate surface area is 85.7 Å². The lowest BCUT2D eigenvalue weighted by Gasteiger charge is -2.32. The van der Waals surface area contributed by atoms with Crippen LogP contribution in [0.3, 0.4) is 0 Å². The van der Waals surface area contributed by atoms with Crippen LogP contribution >= 0.6 is 0 Å². The van der Waals surface area contributed by atoms with E-state index in [9.17, 15) is 8.42 Å². The van der Waals surface area contributed by atoms with Crippen LogP contribution in [0.2, 0.25) is 0 Å². The van der Waals surface area contributed by atoms with Gasteiger partial charge in [0.05, 0.1) is 12.9 Å². The van der Waals surface area contributed by atoms with Gasteiger partial charge in [0.15, 0.2) is 0 Å². The summed E-state index contributed by atoms with van der Waals surface area (Å²) in [6, 6.07) is 0. The summed E-state index contributed by atoms with van der Waals surface area (Å²) >= 11 is 0. The van der Waals surface area contributed by atoms with Crippen molar-refractivity contribution in [3.8, 4) is 0 Å². The second-order valence-corrected chi connectivity index (χ2v) is 5.48. The molecule has 1 rings (SSSR count). The monoisotopic (exact) mass is 222 g/mol. The smallest absolute Gasteiger partial charge is 0.211 e. The molecular weight excluding hydrogens is 204 g/mol. The summed E-state index contributed by atoms with van der Waals surface area (Å²) in [6.45, 7) is 4.39. The van der Waals surface area contributed by atoms with E-state index in [1.54, 1.807) is 7.11 Å². The van der Waals surface area contributed by atoms with Crippen molar-refractivity contribution in [1.29, 1.82) is 0 Å². The lowest BCUT2D eigenvalue weighted by Crippen LogP contribution is -2.48. The first-order valence-corrected chi connectivity index (χ1v) is 6.55. The lowest BCUT2D eigenvalue weighted by atomic mass is 10.4. The van der Waals surface area contributed by atoms with Crippen molar-refractivity contribution in [1.82, 2.24) is 9.21 Å². The van der Waals surface area contributed by atoms with E-state index in [2.05, 4.69) is 4.90 Å². The summed E-state index contributed by atoms with van der Waals surface area (Å²) in [6.07, 6.45) is 1.26. The molecule has 1 saturated heterocycles. The Balaban J connectivity index is 2.31. The molecule has 0 bridgehead atoms. The first-order chi connectivity index (χ1) is 6.54. The van der Waals surface area contributed by atoms with Gasteiger partial charge in [0.2, 0.25) is 10.0 Å². The summed E-state index contributed by atoms with van der Waals surface area (Å²) in [7, 11) is -1.32. The zero-order valence-corrected chi connectivity index (χ0v) is 9.59. The van der Waals surface area contributed by atoms with Crippen LogP contribution in [0.5, 0.6) is 0 Å². The fraction of sp³-hybridized carbons (Fsp3) is 1.00. The van der Waals surface area contributed by atoms with Crippen molar-refractivity contribution in [2.45, 2.75) is 0 Å². The third kappa shape index (κ3) is 3.53.